The molecule has 1 rings (SSSR count). The summed E-state index contributed by atoms with van der Waals surface area (Å²) < 4.78 is 24.4. The first-order valence-corrected chi connectivity index (χ1v) is 5.82. The van der Waals surface area contributed by atoms with Crippen molar-refractivity contribution in [2.75, 3.05) is 26.9 Å². The van der Waals surface area contributed by atoms with Crippen LogP contribution in [-0.2, 0) is 23.7 Å². The van der Waals surface area contributed by atoms with Gasteiger partial charge in [0, 0.05) is 12.8 Å². The molecule has 104 valence electrons. The Kier molecular flexibility index (Phi) is 5.70. The Balaban J connectivity index is 2.59. The molecule has 0 aromatic rings. The van der Waals surface area contributed by atoms with Gasteiger partial charge in [0.1, 0.15) is 0 Å². The van der Waals surface area contributed by atoms with Crippen LogP contribution in [0, 0.1) is 0 Å². The summed E-state index contributed by atoms with van der Waals surface area (Å²) in [7, 11) is 1.19. The molecule has 1 saturated heterocycles. The van der Waals surface area contributed by atoms with Crippen LogP contribution in [0.15, 0.2) is 0 Å². The Hall–Kier alpha value is -1.50. The summed E-state index contributed by atoms with van der Waals surface area (Å²) in [5.41, 5.74) is 0. The van der Waals surface area contributed by atoms with Crippen LogP contribution < -0.4 is 0 Å². The lowest BCUT2D eigenvalue weighted by molar-refractivity contribution is -0.223. The molecule has 1 aliphatic heterocycles. The highest BCUT2D eigenvalue weighted by Gasteiger charge is 2.41. The summed E-state index contributed by atoms with van der Waals surface area (Å²) in [5.74, 6) is -1.35. The lowest BCUT2D eigenvalue weighted by Gasteiger charge is -2.34. The maximum atomic E-state index is 11.4. The van der Waals surface area contributed by atoms with Crippen LogP contribution in [0.25, 0.3) is 0 Å². The minimum Gasteiger partial charge on any atom is -0.438 e. The molecule has 0 bridgehead atoms. The first-order valence-electron chi connectivity index (χ1n) is 5.82. The van der Waals surface area contributed by atoms with Gasteiger partial charge in [0.05, 0.1) is 26.9 Å². The van der Waals surface area contributed by atoms with Gasteiger partial charge in [-0.3, -0.25) is 0 Å². The molecular formula is C11H18O7. The van der Waals surface area contributed by atoms with E-state index in [1.54, 1.807) is 0 Å². The summed E-state index contributed by atoms with van der Waals surface area (Å²) in [6.07, 6.45) is -0.571. The molecule has 1 fully saturated rings. The van der Waals surface area contributed by atoms with E-state index in [0.29, 0.717) is 19.6 Å². The molecule has 0 atom stereocenters. The average molecular weight is 262 g/mol. The van der Waals surface area contributed by atoms with Crippen LogP contribution >= 0.6 is 0 Å². The van der Waals surface area contributed by atoms with Gasteiger partial charge in [-0.15, -0.1) is 0 Å². The predicted molar refractivity (Wildman–Crippen MR) is 59.0 cm³/mol. The molecule has 18 heavy (non-hydrogen) atoms. The smallest absolute Gasteiger partial charge is 0.438 e. The molecular weight excluding hydrogens is 244 g/mol. The van der Waals surface area contributed by atoms with Crippen molar-refractivity contribution in [3.8, 4) is 0 Å². The van der Waals surface area contributed by atoms with Crippen LogP contribution in [0.5, 0.6) is 0 Å². The number of carbonyl (C=O) groups excluding carboxylic acids is 2. The average Bonchev–Trinajstić information content (AvgIpc) is 2.37. The maximum Gasteiger partial charge on any atom is 0.511 e. The maximum absolute atomic E-state index is 11.4. The highest BCUT2D eigenvalue weighted by Crippen LogP contribution is 2.27. The normalized spacial score (nSPS) is 17.7. The first kappa shape index (κ1) is 14.6. The van der Waals surface area contributed by atoms with Crippen molar-refractivity contribution in [2.24, 2.45) is 0 Å². The van der Waals surface area contributed by atoms with Crippen LogP contribution in [0.1, 0.15) is 26.2 Å². The quantitative estimate of drug-likeness (QED) is 0.564. The Labute approximate surface area is 105 Å². The van der Waals surface area contributed by atoms with E-state index in [4.69, 9.17) is 18.9 Å². The Morgan fingerprint density at radius 1 is 1.17 bits per heavy atom. The van der Waals surface area contributed by atoms with Gasteiger partial charge in [-0.2, -0.15) is 0 Å². The van der Waals surface area contributed by atoms with Gasteiger partial charge in [-0.25, -0.2) is 9.59 Å². The van der Waals surface area contributed by atoms with Crippen LogP contribution in [-0.4, -0.2) is 45.0 Å². The number of ether oxygens (including phenoxy) is 5. The van der Waals surface area contributed by atoms with Gasteiger partial charge in [0.15, 0.2) is 0 Å². The minimum atomic E-state index is -1.35. The molecule has 0 radical (unpaired) electrons. The van der Waals surface area contributed by atoms with Crippen molar-refractivity contribution in [1.29, 1.82) is 0 Å². The second-order valence-corrected chi connectivity index (χ2v) is 3.78. The first-order chi connectivity index (χ1) is 8.62. The molecule has 0 aliphatic carbocycles. The third-order valence-corrected chi connectivity index (χ3v) is 2.38. The van der Waals surface area contributed by atoms with Crippen LogP contribution in [0.4, 0.5) is 9.59 Å². The van der Waals surface area contributed by atoms with Gasteiger partial charge in [-0.1, -0.05) is 6.92 Å². The molecule has 0 unspecified atom stereocenters. The van der Waals surface area contributed by atoms with Gasteiger partial charge >= 0.3 is 12.3 Å². The molecule has 7 nitrogen and oxygen atoms in total. The van der Waals surface area contributed by atoms with Gasteiger partial charge in [-0.05, 0) is 6.42 Å². The van der Waals surface area contributed by atoms with Crippen molar-refractivity contribution in [1.82, 2.24) is 0 Å². The SMILES string of the molecule is CCCOC(=O)OC1(OC(=O)OC)CCOCC1. The molecule has 0 aromatic carbocycles. The minimum absolute atomic E-state index is 0.253. The molecule has 0 amide bonds. The third-order valence-electron chi connectivity index (χ3n) is 2.38. The van der Waals surface area contributed by atoms with Crippen molar-refractivity contribution in [3.05, 3.63) is 0 Å². The number of rotatable bonds is 4. The summed E-state index contributed by atoms with van der Waals surface area (Å²) in [4.78, 5) is 22.6. The zero-order chi connectivity index (χ0) is 13.4. The van der Waals surface area contributed by atoms with Crippen molar-refractivity contribution in [3.63, 3.8) is 0 Å². The standard InChI is InChI=1S/C11H18O7/c1-3-6-16-10(13)18-11(17-9(12)14-2)4-7-15-8-5-11/h3-8H2,1-2H3. The lowest BCUT2D eigenvalue weighted by atomic mass is 10.1. The number of hydrogen-bond donors (Lipinski definition) is 0. The van der Waals surface area contributed by atoms with E-state index in [-0.39, 0.29) is 19.4 Å². The second kappa shape index (κ2) is 7.05. The summed E-state index contributed by atoms with van der Waals surface area (Å²) in [6.45, 7) is 2.78. The van der Waals surface area contributed by atoms with Crippen LogP contribution in [0.3, 0.4) is 0 Å². The molecule has 0 N–H and O–H groups in total. The van der Waals surface area contributed by atoms with Gasteiger partial charge < -0.3 is 23.7 Å². The zero-order valence-corrected chi connectivity index (χ0v) is 10.6. The van der Waals surface area contributed by atoms with E-state index in [0.717, 1.165) is 0 Å². The fourth-order valence-corrected chi connectivity index (χ4v) is 1.47. The van der Waals surface area contributed by atoms with E-state index in [1.165, 1.54) is 7.11 Å². The van der Waals surface area contributed by atoms with Crippen molar-refractivity contribution >= 4 is 12.3 Å². The molecule has 7 heteroatoms. The fraction of sp³-hybridized carbons (Fsp3) is 0.818. The van der Waals surface area contributed by atoms with Gasteiger partial charge in [0.2, 0.25) is 0 Å². The molecule has 1 heterocycles. The van der Waals surface area contributed by atoms with Crippen molar-refractivity contribution < 1.29 is 33.3 Å². The number of methoxy groups -OCH3 is 1. The fourth-order valence-electron chi connectivity index (χ4n) is 1.47. The second-order valence-electron chi connectivity index (χ2n) is 3.78. The third kappa shape index (κ3) is 4.40. The van der Waals surface area contributed by atoms with E-state index in [9.17, 15) is 9.59 Å². The number of hydrogen-bond acceptors (Lipinski definition) is 7. The molecule has 0 aromatic heterocycles. The molecule has 1 aliphatic rings. The van der Waals surface area contributed by atoms with E-state index in [1.807, 2.05) is 6.92 Å². The number of carbonyl (C=O) groups is 2. The van der Waals surface area contributed by atoms with Crippen LogP contribution in [0.2, 0.25) is 0 Å². The van der Waals surface area contributed by atoms with E-state index >= 15 is 0 Å². The highest BCUT2D eigenvalue weighted by molar-refractivity contribution is 5.62. The largest absolute Gasteiger partial charge is 0.511 e. The van der Waals surface area contributed by atoms with Crippen molar-refractivity contribution in [2.45, 2.75) is 32.0 Å². The molecule has 0 spiro atoms. The van der Waals surface area contributed by atoms with Gasteiger partial charge in [0.25, 0.3) is 5.79 Å². The Bertz CT molecular complexity index is 283. The van der Waals surface area contributed by atoms with E-state index in [2.05, 4.69) is 4.74 Å². The lowest BCUT2D eigenvalue weighted by Crippen LogP contribution is -2.45. The predicted octanol–water partition coefficient (Wildman–Crippen LogP) is 1.84. The topological polar surface area (TPSA) is 80.3 Å². The Morgan fingerprint density at radius 3 is 2.33 bits per heavy atom. The monoisotopic (exact) mass is 262 g/mol. The summed E-state index contributed by atoms with van der Waals surface area (Å²) >= 11 is 0. The molecule has 0 saturated carbocycles. The summed E-state index contributed by atoms with van der Waals surface area (Å²) in [5, 5.41) is 0. The van der Waals surface area contributed by atoms with E-state index < -0.39 is 18.1 Å². The summed E-state index contributed by atoms with van der Waals surface area (Å²) in [6, 6.07) is 0. The zero-order valence-electron chi connectivity index (χ0n) is 10.6. The highest BCUT2D eigenvalue weighted by atomic mass is 16.8. The Morgan fingerprint density at radius 2 is 1.78 bits per heavy atom.